The second kappa shape index (κ2) is 4.75. The van der Waals surface area contributed by atoms with Gasteiger partial charge in [0.25, 0.3) is 0 Å². The Balaban J connectivity index is 1.86. The second-order valence-electron chi connectivity index (χ2n) is 6.38. The Morgan fingerprint density at radius 1 is 1.00 bits per heavy atom. The molecule has 2 aliphatic rings. The summed E-state index contributed by atoms with van der Waals surface area (Å²) in [6.45, 7) is 4.55. The summed E-state index contributed by atoms with van der Waals surface area (Å²) in [6.07, 6.45) is 1.25. The van der Waals surface area contributed by atoms with E-state index in [1.807, 2.05) is 0 Å². The monoisotopic (exact) mass is 263 g/mol. The predicted molar refractivity (Wildman–Crippen MR) is 83.0 cm³/mol. The van der Waals surface area contributed by atoms with Gasteiger partial charge in [-0.15, -0.1) is 0 Å². The van der Waals surface area contributed by atoms with Crippen LogP contribution in [0.4, 0.5) is 0 Å². The molecule has 102 valence electrons. The third-order valence-electron chi connectivity index (χ3n) is 5.09. The van der Waals surface area contributed by atoms with Crippen LogP contribution in [-0.4, -0.2) is 13.1 Å². The Hall–Kier alpha value is -1.60. The molecule has 1 saturated heterocycles. The summed E-state index contributed by atoms with van der Waals surface area (Å²) >= 11 is 0. The fraction of sp³-hybridized carbons (Fsp3) is 0.368. The molecule has 2 aromatic carbocycles. The molecular formula is C19H21N. The Bertz CT molecular complexity index is 617. The SMILES string of the molecule is Cc1ccc2c(c1)CC1CNCC1C2c1ccccc1. The van der Waals surface area contributed by atoms with Crippen molar-refractivity contribution in [1.82, 2.24) is 5.32 Å². The molecule has 1 heteroatoms. The summed E-state index contributed by atoms with van der Waals surface area (Å²) in [6, 6.07) is 18.1. The fourth-order valence-electron chi connectivity index (χ4n) is 4.18. The first-order valence-electron chi connectivity index (χ1n) is 7.68. The van der Waals surface area contributed by atoms with Gasteiger partial charge in [0, 0.05) is 5.92 Å². The molecule has 3 unspecified atom stereocenters. The Kier molecular flexibility index (Phi) is 2.89. The maximum Gasteiger partial charge on any atom is 0.0136 e. The standard InChI is InChI=1S/C19H21N/c1-13-7-8-17-15(9-13)10-16-11-20-12-18(16)19(17)14-5-3-2-4-6-14/h2-9,16,18-20H,10-12H2,1H3. The highest BCUT2D eigenvalue weighted by molar-refractivity contribution is 5.43. The molecule has 1 heterocycles. The molecule has 4 rings (SSSR count). The summed E-state index contributed by atoms with van der Waals surface area (Å²) in [5, 5.41) is 3.61. The topological polar surface area (TPSA) is 12.0 Å². The van der Waals surface area contributed by atoms with Crippen molar-refractivity contribution in [2.24, 2.45) is 11.8 Å². The molecule has 0 aromatic heterocycles. The zero-order valence-electron chi connectivity index (χ0n) is 12.0. The largest absolute Gasteiger partial charge is 0.316 e. The molecule has 0 spiro atoms. The van der Waals surface area contributed by atoms with Crippen molar-refractivity contribution in [1.29, 1.82) is 0 Å². The van der Waals surface area contributed by atoms with Gasteiger partial charge in [-0.25, -0.2) is 0 Å². The van der Waals surface area contributed by atoms with Crippen LogP contribution in [0.5, 0.6) is 0 Å². The molecule has 0 amide bonds. The average Bonchev–Trinajstić information content (AvgIpc) is 2.93. The van der Waals surface area contributed by atoms with Crippen LogP contribution >= 0.6 is 0 Å². The number of aryl methyl sites for hydroxylation is 1. The van der Waals surface area contributed by atoms with E-state index in [-0.39, 0.29) is 0 Å². The molecule has 1 aliphatic carbocycles. The van der Waals surface area contributed by atoms with Gasteiger partial charge in [-0.3, -0.25) is 0 Å². The van der Waals surface area contributed by atoms with Gasteiger partial charge in [0.05, 0.1) is 0 Å². The molecule has 1 aliphatic heterocycles. The van der Waals surface area contributed by atoms with Gasteiger partial charge in [-0.05, 0) is 55.0 Å². The van der Waals surface area contributed by atoms with E-state index in [1.165, 1.54) is 24.1 Å². The van der Waals surface area contributed by atoms with Crippen LogP contribution in [0.25, 0.3) is 0 Å². The van der Waals surface area contributed by atoms with E-state index in [4.69, 9.17) is 0 Å². The molecule has 0 bridgehead atoms. The molecule has 1 N–H and O–H groups in total. The molecule has 1 nitrogen and oxygen atoms in total. The van der Waals surface area contributed by atoms with Gasteiger partial charge in [-0.2, -0.15) is 0 Å². The van der Waals surface area contributed by atoms with Gasteiger partial charge < -0.3 is 5.32 Å². The lowest BCUT2D eigenvalue weighted by Gasteiger charge is -2.36. The zero-order valence-corrected chi connectivity index (χ0v) is 12.0. The number of nitrogens with one attached hydrogen (secondary N) is 1. The highest BCUT2D eigenvalue weighted by atomic mass is 14.9. The first kappa shape index (κ1) is 12.2. The van der Waals surface area contributed by atoms with Crippen LogP contribution in [0.15, 0.2) is 48.5 Å². The lowest BCUT2D eigenvalue weighted by atomic mass is 9.68. The lowest BCUT2D eigenvalue weighted by molar-refractivity contribution is 0.353. The minimum absolute atomic E-state index is 0.570. The van der Waals surface area contributed by atoms with E-state index in [0.29, 0.717) is 5.92 Å². The van der Waals surface area contributed by atoms with E-state index in [9.17, 15) is 0 Å². The van der Waals surface area contributed by atoms with Crippen molar-refractivity contribution < 1.29 is 0 Å². The van der Waals surface area contributed by atoms with Gasteiger partial charge in [-0.1, -0.05) is 54.1 Å². The van der Waals surface area contributed by atoms with Gasteiger partial charge in [0.1, 0.15) is 0 Å². The number of hydrogen-bond donors (Lipinski definition) is 1. The van der Waals surface area contributed by atoms with E-state index < -0.39 is 0 Å². The maximum absolute atomic E-state index is 3.61. The molecule has 2 aromatic rings. The molecule has 1 fully saturated rings. The Morgan fingerprint density at radius 2 is 1.85 bits per heavy atom. The molecule has 3 atom stereocenters. The van der Waals surface area contributed by atoms with Gasteiger partial charge in [0.15, 0.2) is 0 Å². The van der Waals surface area contributed by atoms with Crippen molar-refractivity contribution in [3.8, 4) is 0 Å². The minimum Gasteiger partial charge on any atom is -0.316 e. The maximum atomic E-state index is 3.61. The van der Waals surface area contributed by atoms with Crippen molar-refractivity contribution in [2.45, 2.75) is 19.3 Å². The highest BCUT2D eigenvalue weighted by Gasteiger charge is 2.39. The molecule has 0 saturated carbocycles. The van der Waals surface area contributed by atoms with Crippen LogP contribution < -0.4 is 5.32 Å². The van der Waals surface area contributed by atoms with Crippen LogP contribution in [0.1, 0.15) is 28.2 Å². The van der Waals surface area contributed by atoms with Crippen molar-refractivity contribution >= 4 is 0 Å². The minimum atomic E-state index is 0.570. The normalized spacial score (nSPS) is 27.9. The molecular weight excluding hydrogens is 242 g/mol. The van der Waals surface area contributed by atoms with Crippen molar-refractivity contribution in [2.75, 3.05) is 13.1 Å². The van der Waals surface area contributed by atoms with E-state index in [2.05, 4.69) is 60.8 Å². The molecule has 20 heavy (non-hydrogen) atoms. The first-order chi connectivity index (χ1) is 9.83. The zero-order chi connectivity index (χ0) is 13.5. The smallest absolute Gasteiger partial charge is 0.0136 e. The van der Waals surface area contributed by atoms with Gasteiger partial charge >= 0.3 is 0 Å². The summed E-state index contributed by atoms with van der Waals surface area (Å²) in [4.78, 5) is 0. The Labute approximate surface area is 121 Å². The number of benzene rings is 2. The fourth-order valence-corrected chi connectivity index (χ4v) is 4.18. The highest BCUT2D eigenvalue weighted by Crippen LogP contribution is 2.45. The average molecular weight is 263 g/mol. The number of rotatable bonds is 1. The van der Waals surface area contributed by atoms with Crippen LogP contribution in [-0.2, 0) is 6.42 Å². The van der Waals surface area contributed by atoms with E-state index in [1.54, 1.807) is 11.1 Å². The van der Waals surface area contributed by atoms with Crippen molar-refractivity contribution in [3.05, 3.63) is 70.8 Å². The number of fused-ring (bicyclic) bond motifs is 2. The number of hydrogen-bond acceptors (Lipinski definition) is 1. The quantitative estimate of drug-likeness (QED) is 0.830. The molecule has 0 radical (unpaired) electrons. The van der Waals surface area contributed by atoms with Crippen molar-refractivity contribution in [3.63, 3.8) is 0 Å². The van der Waals surface area contributed by atoms with Crippen LogP contribution in [0, 0.1) is 18.8 Å². The predicted octanol–water partition coefficient (Wildman–Crippen LogP) is 3.52. The van der Waals surface area contributed by atoms with E-state index >= 15 is 0 Å². The first-order valence-corrected chi connectivity index (χ1v) is 7.68. The Morgan fingerprint density at radius 3 is 2.70 bits per heavy atom. The summed E-state index contributed by atoms with van der Waals surface area (Å²) in [5.41, 5.74) is 6.01. The van der Waals surface area contributed by atoms with E-state index in [0.717, 1.165) is 18.4 Å². The third kappa shape index (κ3) is 1.89. The second-order valence-corrected chi connectivity index (χ2v) is 6.38. The van der Waals surface area contributed by atoms with Gasteiger partial charge in [0.2, 0.25) is 0 Å². The lowest BCUT2D eigenvalue weighted by Crippen LogP contribution is -2.29. The van der Waals surface area contributed by atoms with Crippen LogP contribution in [0.3, 0.4) is 0 Å². The summed E-state index contributed by atoms with van der Waals surface area (Å²) < 4.78 is 0. The third-order valence-corrected chi connectivity index (χ3v) is 5.09. The summed E-state index contributed by atoms with van der Waals surface area (Å²) in [7, 11) is 0. The van der Waals surface area contributed by atoms with Crippen LogP contribution in [0.2, 0.25) is 0 Å². The summed E-state index contributed by atoms with van der Waals surface area (Å²) in [5.74, 6) is 2.13.